The minimum atomic E-state index is -1.13. The Kier molecular flexibility index (Phi) is 9.02. The van der Waals surface area contributed by atoms with Crippen LogP contribution in [-0.4, -0.2) is 105 Å². The maximum atomic E-state index is 13.7. The molecule has 3 aromatic heterocycles. The van der Waals surface area contributed by atoms with Gasteiger partial charge in [-0.25, -0.2) is 28.4 Å². The van der Waals surface area contributed by atoms with Gasteiger partial charge in [-0.2, -0.15) is 5.10 Å². The van der Waals surface area contributed by atoms with Gasteiger partial charge < -0.3 is 9.64 Å². The number of benzene rings is 1. The first-order chi connectivity index (χ1) is 21.6. The van der Waals surface area contributed by atoms with Crippen LogP contribution in [0.2, 0.25) is 25.7 Å². The lowest BCUT2D eigenvalue weighted by molar-refractivity contribution is 0.0785. The lowest BCUT2D eigenvalue weighted by Crippen LogP contribution is -2.39. The van der Waals surface area contributed by atoms with Crippen molar-refractivity contribution in [3.8, 4) is 22.5 Å². The first-order valence-corrected chi connectivity index (χ1v) is 19.6. The fraction of sp³-hybridized carbons (Fsp3) is 0.531. The molecule has 240 valence electrons. The summed E-state index contributed by atoms with van der Waals surface area (Å²) >= 11 is 0. The van der Waals surface area contributed by atoms with E-state index < -0.39 is 14.2 Å². The van der Waals surface area contributed by atoms with E-state index in [1.54, 1.807) is 21.7 Å². The van der Waals surface area contributed by atoms with Gasteiger partial charge in [-0.1, -0.05) is 57.8 Å². The van der Waals surface area contributed by atoms with Crippen LogP contribution in [0.4, 0.5) is 15.0 Å². The number of nitrogens with zero attached hydrogens (tertiary/aromatic N) is 9. The highest BCUT2D eigenvalue weighted by Gasteiger charge is 2.40. The van der Waals surface area contributed by atoms with E-state index >= 15 is 0 Å². The number of urea groups is 1. The smallest absolute Gasteiger partial charge is 0.326 e. The third-order valence-corrected chi connectivity index (χ3v) is 10.4. The van der Waals surface area contributed by atoms with E-state index in [9.17, 15) is 9.18 Å². The van der Waals surface area contributed by atoms with Gasteiger partial charge in [0, 0.05) is 64.7 Å². The number of halogens is 1. The maximum absolute atomic E-state index is 13.7. The zero-order valence-electron chi connectivity index (χ0n) is 26.9. The monoisotopic (exact) mass is 633 g/mol. The predicted molar refractivity (Wildman–Crippen MR) is 176 cm³/mol. The number of anilines is 1. The van der Waals surface area contributed by atoms with Gasteiger partial charge >= 0.3 is 6.03 Å². The first kappa shape index (κ1) is 31.3. The van der Waals surface area contributed by atoms with Gasteiger partial charge in [0.2, 0.25) is 0 Å². The summed E-state index contributed by atoms with van der Waals surface area (Å²) < 4.78 is 22.9. The minimum absolute atomic E-state index is 0.0105. The van der Waals surface area contributed by atoms with Crippen molar-refractivity contribution in [2.45, 2.75) is 64.9 Å². The van der Waals surface area contributed by atoms with Gasteiger partial charge in [0.1, 0.15) is 25.0 Å². The molecular formula is C32H44FN9O2Si. The van der Waals surface area contributed by atoms with Crippen LogP contribution in [0, 0.1) is 5.92 Å². The molecule has 2 aliphatic heterocycles. The van der Waals surface area contributed by atoms with E-state index in [1.165, 1.54) is 0 Å². The average Bonchev–Trinajstić information content (AvgIpc) is 3.80. The van der Waals surface area contributed by atoms with Gasteiger partial charge in [0.25, 0.3) is 0 Å². The lowest BCUT2D eigenvalue weighted by atomic mass is 10.0. The quantitative estimate of drug-likeness (QED) is 0.155. The highest BCUT2D eigenvalue weighted by Crippen LogP contribution is 2.31. The van der Waals surface area contributed by atoms with Crippen molar-refractivity contribution >= 4 is 25.6 Å². The Morgan fingerprint density at radius 3 is 2.56 bits per heavy atom. The number of likely N-dealkylation sites (tertiary alicyclic amines) is 1. The molecule has 1 aromatic carbocycles. The van der Waals surface area contributed by atoms with Crippen molar-refractivity contribution in [2.24, 2.45) is 5.92 Å². The zero-order valence-corrected chi connectivity index (χ0v) is 27.9. The second-order valence-electron chi connectivity index (χ2n) is 13.7. The number of carbonyl (C=O) groups excluding carboxylic acids is 1. The Hall–Kier alpha value is -3.68. The van der Waals surface area contributed by atoms with Gasteiger partial charge in [-0.05, 0) is 30.0 Å². The van der Waals surface area contributed by atoms with Crippen LogP contribution in [0.1, 0.15) is 20.3 Å². The summed E-state index contributed by atoms with van der Waals surface area (Å²) in [7, 11) is -1.13. The summed E-state index contributed by atoms with van der Waals surface area (Å²) in [5.41, 5.74) is 3.41. The number of aromatic nitrogens is 6. The SMILES string of the molecule is CC(C)C1CN(CCN2CCC(F)C2)C(=O)N1c1ccn2ncc(-c3ccc(-c4ncn(COCC[Si](C)(C)C)n4)cc3)c2n1. The van der Waals surface area contributed by atoms with Crippen LogP contribution in [0.5, 0.6) is 0 Å². The normalized spacial score (nSPS) is 19.6. The van der Waals surface area contributed by atoms with E-state index in [2.05, 4.69) is 53.6 Å². The summed E-state index contributed by atoms with van der Waals surface area (Å²) in [5.74, 6) is 1.49. The number of amides is 2. The van der Waals surface area contributed by atoms with Crippen molar-refractivity contribution in [1.29, 1.82) is 0 Å². The number of fused-ring (bicyclic) bond motifs is 1. The summed E-state index contributed by atoms with van der Waals surface area (Å²) in [5, 5.41) is 9.12. The second-order valence-corrected chi connectivity index (χ2v) is 19.4. The minimum Gasteiger partial charge on any atom is -0.359 e. The van der Waals surface area contributed by atoms with Gasteiger partial charge in [0.05, 0.1) is 12.2 Å². The third-order valence-electron chi connectivity index (χ3n) is 8.70. The Morgan fingerprint density at radius 1 is 1.07 bits per heavy atom. The molecule has 2 aliphatic rings. The van der Waals surface area contributed by atoms with Crippen molar-refractivity contribution < 1.29 is 13.9 Å². The molecule has 0 aliphatic carbocycles. The number of hydrogen-bond donors (Lipinski definition) is 0. The molecule has 2 atom stereocenters. The topological polar surface area (TPSA) is 96.9 Å². The van der Waals surface area contributed by atoms with E-state index in [-0.39, 0.29) is 18.0 Å². The van der Waals surface area contributed by atoms with E-state index in [0.717, 1.165) is 35.9 Å². The molecule has 0 N–H and O–H groups in total. The lowest BCUT2D eigenvalue weighted by Gasteiger charge is -2.25. The zero-order chi connectivity index (χ0) is 31.7. The maximum Gasteiger partial charge on any atom is 0.326 e. The number of carbonyl (C=O) groups is 1. The predicted octanol–water partition coefficient (Wildman–Crippen LogP) is 5.28. The molecule has 4 aromatic rings. The Balaban J connectivity index is 1.16. The molecule has 0 saturated carbocycles. The molecule has 11 nitrogen and oxygen atoms in total. The van der Waals surface area contributed by atoms with E-state index in [4.69, 9.17) is 9.72 Å². The van der Waals surface area contributed by atoms with E-state index in [0.29, 0.717) is 56.6 Å². The molecule has 2 unspecified atom stereocenters. The van der Waals surface area contributed by atoms with Gasteiger partial charge in [-0.3, -0.25) is 9.80 Å². The Bertz CT molecular complexity index is 1620. The van der Waals surface area contributed by atoms with Gasteiger partial charge in [-0.15, -0.1) is 5.10 Å². The molecule has 5 heterocycles. The average molecular weight is 634 g/mol. The summed E-state index contributed by atoms with van der Waals surface area (Å²) in [4.78, 5) is 28.9. The van der Waals surface area contributed by atoms with Crippen LogP contribution in [0.25, 0.3) is 28.2 Å². The fourth-order valence-electron chi connectivity index (χ4n) is 5.92. The highest BCUT2D eigenvalue weighted by atomic mass is 28.3. The van der Waals surface area contributed by atoms with Crippen LogP contribution in [0.15, 0.2) is 49.1 Å². The van der Waals surface area contributed by atoms with Crippen LogP contribution in [-0.2, 0) is 11.5 Å². The molecule has 13 heteroatoms. The second kappa shape index (κ2) is 13.0. The molecule has 0 radical (unpaired) electrons. The van der Waals surface area contributed by atoms with Crippen LogP contribution in [0.3, 0.4) is 0 Å². The van der Waals surface area contributed by atoms with Gasteiger partial charge in [0.15, 0.2) is 11.5 Å². The summed E-state index contributed by atoms with van der Waals surface area (Å²) in [6, 6.07) is 10.9. The molecule has 2 saturated heterocycles. The molecule has 2 fully saturated rings. The highest BCUT2D eigenvalue weighted by molar-refractivity contribution is 6.76. The van der Waals surface area contributed by atoms with Crippen LogP contribution >= 0.6 is 0 Å². The van der Waals surface area contributed by atoms with Crippen LogP contribution < -0.4 is 4.90 Å². The molecular weight excluding hydrogens is 589 g/mol. The van der Waals surface area contributed by atoms with E-state index in [1.807, 2.05) is 46.3 Å². The number of hydrogen-bond acceptors (Lipinski definition) is 7. The van der Waals surface area contributed by atoms with Crippen molar-refractivity contribution in [3.05, 3.63) is 49.1 Å². The van der Waals surface area contributed by atoms with Crippen molar-refractivity contribution in [1.82, 2.24) is 39.2 Å². The largest absolute Gasteiger partial charge is 0.359 e. The summed E-state index contributed by atoms with van der Waals surface area (Å²) in [6.45, 7) is 15.5. The molecule has 6 rings (SSSR count). The number of ether oxygens (including phenoxy) is 1. The van der Waals surface area contributed by atoms with Crippen molar-refractivity contribution in [3.63, 3.8) is 0 Å². The Morgan fingerprint density at radius 2 is 1.84 bits per heavy atom. The number of rotatable bonds is 12. The standard InChI is InChI=1S/C32H44FN9O2Si/c1-23(2)28-20-39(15-14-38-12-10-26(33)19-38)32(43)42(28)29-11-13-41-31(36-29)27(18-35-41)24-6-8-25(9-7-24)30-34-21-40(37-30)22-44-16-17-45(3,4)5/h6-9,11,13,18,21,23,26,28H,10,12,14-17,19-20,22H2,1-5H3. The summed E-state index contributed by atoms with van der Waals surface area (Å²) in [6.07, 6.45) is 5.17. The third kappa shape index (κ3) is 7.10. The van der Waals surface area contributed by atoms with Crippen molar-refractivity contribution in [2.75, 3.05) is 44.2 Å². The molecule has 0 bridgehead atoms. The Labute approximate surface area is 265 Å². The molecule has 45 heavy (non-hydrogen) atoms. The molecule has 2 amide bonds. The first-order valence-electron chi connectivity index (χ1n) is 15.9. The fourth-order valence-corrected chi connectivity index (χ4v) is 6.67. The number of alkyl halides is 1. The molecule has 0 spiro atoms.